The van der Waals surface area contributed by atoms with Gasteiger partial charge in [0.05, 0.1) is 12.0 Å². The van der Waals surface area contributed by atoms with Gasteiger partial charge < -0.3 is 28.4 Å². The average Bonchev–Trinajstić information content (AvgIpc) is 3.57. The van der Waals surface area contributed by atoms with Crippen molar-refractivity contribution in [2.24, 2.45) is 0 Å². The average molecular weight is 658 g/mol. The number of sulfonamides is 1. The minimum absolute atomic E-state index is 0.0231. The Morgan fingerprint density at radius 1 is 0.872 bits per heavy atom. The molecule has 0 saturated heterocycles. The van der Waals surface area contributed by atoms with Gasteiger partial charge in [0.2, 0.25) is 12.5 Å². The van der Waals surface area contributed by atoms with E-state index in [2.05, 4.69) is 25.0 Å². The fraction of sp³-hybridized carbons (Fsp3) is 0.125. The maximum atomic E-state index is 13.7. The molecule has 5 aromatic rings. The first-order chi connectivity index (χ1) is 22.9. The smallest absolute Gasteiger partial charge is 0.412 e. The monoisotopic (exact) mass is 657 g/mol. The fourth-order valence-corrected chi connectivity index (χ4v) is 5.32. The second kappa shape index (κ2) is 13.9. The summed E-state index contributed by atoms with van der Waals surface area (Å²) in [4.78, 5) is 25.3. The quantitative estimate of drug-likeness (QED) is 0.162. The molecule has 3 aromatic carbocycles. The van der Waals surface area contributed by atoms with Gasteiger partial charge in [0, 0.05) is 17.8 Å². The molecule has 1 aliphatic rings. The van der Waals surface area contributed by atoms with E-state index in [4.69, 9.17) is 28.4 Å². The summed E-state index contributed by atoms with van der Waals surface area (Å²) in [5.41, 5.74) is 0.565. The number of carbonyl (C=O) groups excluding carboxylic acids is 1. The van der Waals surface area contributed by atoms with Crippen LogP contribution in [0, 0.1) is 0 Å². The minimum atomic E-state index is -4.27. The lowest BCUT2D eigenvalue weighted by Crippen LogP contribution is -2.19. The topological polar surface area (TPSA) is 169 Å². The lowest BCUT2D eigenvalue weighted by molar-refractivity contribution is 0.135. The van der Waals surface area contributed by atoms with Crippen molar-refractivity contribution in [2.45, 2.75) is 4.90 Å². The van der Waals surface area contributed by atoms with Gasteiger partial charge in [0.25, 0.3) is 15.9 Å². The molecule has 0 saturated carbocycles. The number of amides is 1. The predicted molar refractivity (Wildman–Crippen MR) is 169 cm³/mol. The molecule has 0 bridgehead atoms. The number of carbonyl (C=O) groups is 1. The maximum Gasteiger partial charge on any atom is 0.412 e. The number of benzene rings is 3. The van der Waals surface area contributed by atoms with Crippen LogP contribution in [-0.4, -0.2) is 56.6 Å². The van der Waals surface area contributed by atoms with Crippen molar-refractivity contribution in [1.82, 2.24) is 15.0 Å². The highest BCUT2D eigenvalue weighted by molar-refractivity contribution is 7.92. The lowest BCUT2D eigenvalue weighted by atomic mass is 10.2. The van der Waals surface area contributed by atoms with Crippen LogP contribution >= 0.6 is 0 Å². The molecule has 1 amide bonds. The van der Waals surface area contributed by atoms with Gasteiger partial charge in [0.15, 0.2) is 34.6 Å². The third kappa shape index (κ3) is 7.42. The van der Waals surface area contributed by atoms with Gasteiger partial charge in [-0.25, -0.2) is 23.2 Å². The Morgan fingerprint density at radius 2 is 1.64 bits per heavy atom. The van der Waals surface area contributed by atoms with Crippen LogP contribution in [0.4, 0.5) is 16.4 Å². The van der Waals surface area contributed by atoms with E-state index in [-0.39, 0.29) is 59.7 Å². The van der Waals surface area contributed by atoms with E-state index in [0.717, 1.165) is 0 Å². The zero-order chi connectivity index (χ0) is 32.6. The molecular formula is C32H27N5O9S. The number of fused-ring (bicyclic) bond motifs is 1. The molecule has 240 valence electrons. The molecule has 0 atom stereocenters. The maximum absolute atomic E-state index is 13.7. The number of anilines is 2. The van der Waals surface area contributed by atoms with Crippen molar-refractivity contribution in [3.05, 3.63) is 97.2 Å². The van der Waals surface area contributed by atoms with Crippen LogP contribution in [0.15, 0.2) is 102 Å². The zero-order valence-corrected chi connectivity index (χ0v) is 25.6. The van der Waals surface area contributed by atoms with Crippen molar-refractivity contribution in [2.75, 3.05) is 37.2 Å². The zero-order valence-electron chi connectivity index (χ0n) is 24.8. The minimum Gasteiger partial charge on any atom is -0.493 e. The number of pyridine rings is 1. The Kier molecular flexibility index (Phi) is 9.15. The Hall–Kier alpha value is -6.09. The SMILES string of the molecule is COc1ccccc1Oc1c(NS(=O)(=O)c2ccc3c(c2)OCO3)nc(-c2ccccc2)nc1OCCOC(=O)Nc1ccccn1. The van der Waals surface area contributed by atoms with E-state index >= 15 is 0 Å². The molecule has 0 aliphatic carbocycles. The van der Waals surface area contributed by atoms with E-state index in [9.17, 15) is 13.2 Å². The molecule has 15 heteroatoms. The third-order valence-electron chi connectivity index (χ3n) is 6.48. The largest absolute Gasteiger partial charge is 0.493 e. The number of methoxy groups -OCH3 is 1. The molecule has 0 radical (unpaired) electrons. The molecule has 2 N–H and O–H groups in total. The Labute approximate surface area is 269 Å². The molecular weight excluding hydrogens is 630 g/mol. The van der Waals surface area contributed by atoms with E-state index in [1.165, 1.54) is 31.5 Å². The summed E-state index contributed by atoms with van der Waals surface area (Å²) in [6.45, 7) is -0.405. The van der Waals surface area contributed by atoms with Gasteiger partial charge in [-0.15, -0.1) is 0 Å². The van der Waals surface area contributed by atoms with Crippen LogP contribution < -0.4 is 33.7 Å². The van der Waals surface area contributed by atoms with Gasteiger partial charge in [-0.2, -0.15) is 4.98 Å². The third-order valence-corrected chi connectivity index (χ3v) is 7.82. The lowest BCUT2D eigenvalue weighted by Gasteiger charge is -2.18. The molecule has 47 heavy (non-hydrogen) atoms. The first-order valence-corrected chi connectivity index (χ1v) is 15.6. The van der Waals surface area contributed by atoms with Crippen molar-refractivity contribution in [1.29, 1.82) is 0 Å². The number of rotatable bonds is 12. The second-order valence-corrected chi connectivity index (χ2v) is 11.3. The number of hydrogen-bond donors (Lipinski definition) is 2. The van der Waals surface area contributed by atoms with Crippen LogP contribution in [0.25, 0.3) is 11.4 Å². The Balaban J connectivity index is 1.35. The summed E-state index contributed by atoms with van der Waals surface area (Å²) in [6.07, 6.45) is 0.780. The highest BCUT2D eigenvalue weighted by atomic mass is 32.2. The summed E-state index contributed by atoms with van der Waals surface area (Å²) in [7, 11) is -2.81. The van der Waals surface area contributed by atoms with Crippen LogP contribution in [-0.2, 0) is 14.8 Å². The van der Waals surface area contributed by atoms with Crippen molar-refractivity contribution >= 4 is 27.8 Å². The van der Waals surface area contributed by atoms with Gasteiger partial charge in [-0.05, 0) is 36.4 Å². The molecule has 2 aromatic heterocycles. The molecule has 6 rings (SSSR count). The predicted octanol–water partition coefficient (Wildman–Crippen LogP) is 5.50. The summed E-state index contributed by atoms with van der Waals surface area (Å²) in [5, 5.41) is 2.51. The number of nitrogens with one attached hydrogen (secondary N) is 2. The van der Waals surface area contributed by atoms with Gasteiger partial charge in [-0.3, -0.25) is 10.0 Å². The molecule has 0 fully saturated rings. The molecule has 0 spiro atoms. The number of para-hydroxylation sites is 2. The molecule has 14 nitrogen and oxygen atoms in total. The molecule has 1 aliphatic heterocycles. The molecule has 3 heterocycles. The highest BCUT2D eigenvalue weighted by Gasteiger charge is 2.27. The Morgan fingerprint density at radius 3 is 2.43 bits per heavy atom. The van der Waals surface area contributed by atoms with Gasteiger partial charge in [-0.1, -0.05) is 48.5 Å². The number of nitrogens with zero attached hydrogens (tertiary/aromatic N) is 3. The second-order valence-electron chi connectivity index (χ2n) is 9.59. The first-order valence-electron chi connectivity index (χ1n) is 14.1. The van der Waals surface area contributed by atoms with Gasteiger partial charge >= 0.3 is 6.09 Å². The fourth-order valence-electron chi connectivity index (χ4n) is 4.30. The normalized spacial score (nSPS) is 11.8. The summed E-state index contributed by atoms with van der Waals surface area (Å²) in [5.74, 6) is 1.18. The van der Waals surface area contributed by atoms with Crippen molar-refractivity contribution in [3.8, 4) is 46.0 Å². The summed E-state index contributed by atoms with van der Waals surface area (Å²) < 4.78 is 63.5. The van der Waals surface area contributed by atoms with Crippen molar-refractivity contribution in [3.63, 3.8) is 0 Å². The standard InChI is InChI=1S/C32H27N5O9S/c1-41-23-11-5-6-12-25(23)46-28-30(37-47(39,40)22-14-15-24-26(19-22)45-20-44-24)35-29(21-9-3-2-4-10-21)36-31(28)42-17-18-43-32(38)34-27-13-7-8-16-33-27/h2-16,19H,17-18,20H2,1H3,(H,33,34,38)(H,35,36,37). The van der Waals surface area contributed by atoms with Crippen LogP contribution in [0.3, 0.4) is 0 Å². The van der Waals surface area contributed by atoms with Crippen LogP contribution in [0.2, 0.25) is 0 Å². The number of ether oxygens (including phenoxy) is 6. The van der Waals surface area contributed by atoms with Crippen molar-refractivity contribution < 1.29 is 41.6 Å². The first kappa shape index (κ1) is 30.9. The van der Waals surface area contributed by atoms with E-state index in [0.29, 0.717) is 22.9 Å². The van der Waals surface area contributed by atoms with E-state index in [1.54, 1.807) is 66.7 Å². The van der Waals surface area contributed by atoms with Crippen LogP contribution in [0.5, 0.6) is 34.6 Å². The Bertz CT molecular complexity index is 1980. The van der Waals surface area contributed by atoms with E-state index < -0.39 is 16.1 Å². The highest BCUT2D eigenvalue weighted by Crippen LogP contribution is 2.42. The summed E-state index contributed by atoms with van der Waals surface area (Å²) in [6, 6.07) is 24.9. The molecule has 0 unspecified atom stereocenters. The summed E-state index contributed by atoms with van der Waals surface area (Å²) >= 11 is 0. The van der Waals surface area contributed by atoms with Gasteiger partial charge in [0.1, 0.15) is 19.0 Å². The number of hydrogen-bond acceptors (Lipinski definition) is 12. The van der Waals surface area contributed by atoms with Crippen LogP contribution in [0.1, 0.15) is 0 Å². The number of aromatic nitrogens is 3. The van der Waals surface area contributed by atoms with E-state index in [1.807, 2.05) is 6.07 Å².